The molecule has 74 valence electrons. The molecule has 0 amide bonds. The molecule has 0 bridgehead atoms. The first kappa shape index (κ1) is 12.1. The highest BCUT2D eigenvalue weighted by molar-refractivity contribution is 5.81. The second kappa shape index (κ2) is 9.20. The minimum absolute atomic E-state index is 0.145. The summed E-state index contributed by atoms with van der Waals surface area (Å²) in [4.78, 5) is 4.18. The lowest BCUT2D eigenvalue weighted by molar-refractivity contribution is 0.307. The molecule has 0 aromatic carbocycles. The summed E-state index contributed by atoms with van der Waals surface area (Å²) in [5, 5.41) is 8.53. The second-order valence-corrected chi connectivity index (χ2v) is 2.83. The van der Waals surface area contributed by atoms with E-state index in [0.29, 0.717) is 6.54 Å². The molecule has 0 aliphatic rings. The van der Waals surface area contributed by atoms with Crippen LogP contribution in [-0.2, 0) is 0 Å². The summed E-state index contributed by atoms with van der Waals surface area (Å²) < 4.78 is 0. The van der Waals surface area contributed by atoms with Gasteiger partial charge in [0.25, 0.3) is 0 Å². The minimum Gasteiger partial charge on any atom is -0.394 e. The third-order valence-corrected chi connectivity index (χ3v) is 1.59. The van der Waals surface area contributed by atoms with Crippen LogP contribution in [0.15, 0.2) is 29.3 Å². The molecule has 0 saturated carbocycles. The Bertz CT molecular complexity index is 192. The fraction of sp³-hybridized carbons (Fsp3) is 0.545. The van der Waals surface area contributed by atoms with Crippen molar-refractivity contribution in [3.8, 4) is 0 Å². The van der Waals surface area contributed by atoms with Crippen LogP contribution in [0.1, 0.15) is 26.7 Å². The highest BCUT2D eigenvalue weighted by Gasteiger charge is 1.87. The Morgan fingerprint density at radius 1 is 1.38 bits per heavy atom. The van der Waals surface area contributed by atoms with Crippen molar-refractivity contribution < 1.29 is 5.11 Å². The molecule has 0 aliphatic heterocycles. The molecule has 0 fully saturated rings. The van der Waals surface area contributed by atoms with Crippen LogP contribution in [0.4, 0.5) is 0 Å². The van der Waals surface area contributed by atoms with E-state index < -0.39 is 0 Å². The number of allylic oxidation sites excluding steroid dienone is 4. The molecule has 0 aromatic heterocycles. The summed E-state index contributed by atoms with van der Waals surface area (Å²) in [5.41, 5.74) is 1.11. The molecule has 0 aliphatic carbocycles. The fourth-order valence-electron chi connectivity index (χ4n) is 0.898. The largest absolute Gasteiger partial charge is 0.394 e. The maximum absolute atomic E-state index is 8.53. The van der Waals surface area contributed by atoms with E-state index in [9.17, 15) is 0 Å². The predicted octanol–water partition coefficient (Wildman–Crippen LogP) is 2.35. The molecule has 0 radical (unpaired) electrons. The number of aliphatic imine (C=N–C) groups is 1. The quantitative estimate of drug-likeness (QED) is 0.495. The normalized spacial score (nSPS) is 13.3. The van der Waals surface area contributed by atoms with E-state index in [2.05, 4.69) is 11.1 Å². The third-order valence-electron chi connectivity index (χ3n) is 1.59. The van der Waals surface area contributed by atoms with Crippen molar-refractivity contribution in [1.82, 2.24) is 0 Å². The van der Waals surface area contributed by atoms with Gasteiger partial charge < -0.3 is 5.11 Å². The van der Waals surface area contributed by atoms with Crippen molar-refractivity contribution in [2.75, 3.05) is 13.2 Å². The SMILES string of the molecule is CC=CC=CCCC(C)=NCCO. The standard InChI is InChI=1S/C11H19NO/c1-3-4-5-6-7-8-11(2)12-9-10-13/h3-6,13H,7-10H2,1-2H3. The van der Waals surface area contributed by atoms with Crippen molar-refractivity contribution >= 4 is 5.71 Å². The first-order valence-corrected chi connectivity index (χ1v) is 4.70. The van der Waals surface area contributed by atoms with Gasteiger partial charge in [0.05, 0.1) is 13.2 Å². The fourth-order valence-corrected chi connectivity index (χ4v) is 0.898. The number of aliphatic hydroxyl groups is 1. The van der Waals surface area contributed by atoms with Crippen molar-refractivity contribution in [1.29, 1.82) is 0 Å². The molecule has 0 unspecified atom stereocenters. The van der Waals surface area contributed by atoms with Gasteiger partial charge in [-0.25, -0.2) is 0 Å². The molecule has 2 heteroatoms. The smallest absolute Gasteiger partial charge is 0.0626 e. The Labute approximate surface area is 80.7 Å². The maximum atomic E-state index is 8.53. The highest BCUT2D eigenvalue weighted by atomic mass is 16.3. The lowest BCUT2D eigenvalue weighted by Gasteiger charge is -1.95. The van der Waals surface area contributed by atoms with Gasteiger partial charge in [-0.05, 0) is 26.7 Å². The van der Waals surface area contributed by atoms with Crippen LogP contribution in [0.3, 0.4) is 0 Å². The maximum Gasteiger partial charge on any atom is 0.0626 e. The second-order valence-electron chi connectivity index (χ2n) is 2.83. The Morgan fingerprint density at radius 3 is 2.77 bits per heavy atom. The van der Waals surface area contributed by atoms with Crippen molar-refractivity contribution in [3.05, 3.63) is 24.3 Å². The molecule has 13 heavy (non-hydrogen) atoms. The summed E-state index contributed by atoms with van der Waals surface area (Å²) in [6.45, 7) is 4.67. The van der Waals surface area contributed by atoms with Gasteiger partial charge in [-0.1, -0.05) is 24.3 Å². The first-order chi connectivity index (χ1) is 6.31. The average molecular weight is 181 g/mol. The van der Waals surface area contributed by atoms with Gasteiger partial charge in [-0.15, -0.1) is 0 Å². The van der Waals surface area contributed by atoms with E-state index in [1.807, 2.05) is 32.1 Å². The van der Waals surface area contributed by atoms with Crippen LogP contribution >= 0.6 is 0 Å². The zero-order valence-corrected chi connectivity index (χ0v) is 8.53. The van der Waals surface area contributed by atoms with Crippen LogP contribution in [0.2, 0.25) is 0 Å². The van der Waals surface area contributed by atoms with Crippen molar-refractivity contribution in [2.45, 2.75) is 26.7 Å². The molecule has 1 N–H and O–H groups in total. The predicted molar refractivity (Wildman–Crippen MR) is 58.2 cm³/mol. The topological polar surface area (TPSA) is 32.6 Å². The van der Waals surface area contributed by atoms with Gasteiger partial charge in [-0.2, -0.15) is 0 Å². The minimum atomic E-state index is 0.145. The summed E-state index contributed by atoms with van der Waals surface area (Å²) in [5.74, 6) is 0. The highest BCUT2D eigenvalue weighted by Crippen LogP contribution is 1.95. The molecular weight excluding hydrogens is 162 g/mol. The van der Waals surface area contributed by atoms with Crippen LogP contribution in [0.25, 0.3) is 0 Å². The molecular formula is C11H19NO. The Hall–Kier alpha value is -0.890. The molecule has 0 atom stereocenters. The number of hydrogen-bond donors (Lipinski definition) is 1. The molecule has 0 saturated heterocycles. The van der Waals surface area contributed by atoms with Crippen LogP contribution < -0.4 is 0 Å². The first-order valence-electron chi connectivity index (χ1n) is 4.70. The van der Waals surface area contributed by atoms with Gasteiger partial charge in [0.2, 0.25) is 0 Å². The van der Waals surface area contributed by atoms with E-state index >= 15 is 0 Å². The molecule has 0 heterocycles. The lowest BCUT2D eigenvalue weighted by Crippen LogP contribution is -1.95. The number of aliphatic hydroxyl groups excluding tert-OH is 1. The Balaban J connectivity index is 3.52. The van der Waals surface area contributed by atoms with E-state index in [-0.39, 0.29) is 6.61 Å². The molecule has 0 rings (SSSR count). The van der Waals surface area contributed by atoms with E-state index in [1.54, 1.807) is 0 Å². The third kappa shape index (κ3) is 9.02. The van der Waals surface area contributed by atoms with Gasteiger partial charge in [0.1, 0.15) is 0 Å². The van der Waals surface area contributed by atoms with Crippen molar-refractivity contribution in [2.24, 2.45) is 4.99 Å². The monoisotopic (exact) mass is 181 g/mol. The Kier molecular flexibility index (Phi) is 8.57. The van der Waals surface area contributed by atoms with Crippen LogP contribution in [0, 0.1) is 0 Å². The van der Waals surface area contributed by atoms with Gasteiger partial charge in [-0.3, -0.25) is 4.99 Å². The summed E-state index contributed by atoms with van der Waals surface area (Å²) in [6.07, 6.45) is 10.2. The Morgan fingerprint density at radius 2 is 2.15 bits per heavy atom. The zero-order chi connectivity index (χ0) is 9.94. The van der Waals surface area contributed by atoms with E-state index in [4.69, 9.17) is 5.11 Å². The van der Waals surface area contributed by atoms with Crippen molar-refractivity contribution in [3.63, 3.8) is 0 Å². The summed E-state index contributed by atoms with van der Waals surface area (Å²) in [6, 6.07) is 0. The molecule has 0 spiro atoms. The molecule has 2 nitrogen and oxygen atoms in total. The lowest BCUT2D eigenvalue weighted by atomic mass is 10.2. The van der Waals surface area contributed by atoms with Gasteiger partial charge in [0.15, 0.2) is 0 Å². The molecule has 0 aromatic rings. The van der Waals surface area contributed by atoms with Gasteiger partial charge in [0, 0.05) is 5.71 Å². The average Bonchev–Trinajstić information content (AvgIpc) is 2.14. The van der Waals surface area contributed by atoms with E-state index in [0.717, 1.165) is 18.6 Å². The number of rotatable bonds is 6. The number of hydrogen-bond acceptors (Lipinski definition) is 2. The van der Waals surface area contributed by atoms with Gasteiger partial charge >= 0.3 is 0 Å². The summed E-state index contributed by atoms with van der Waals surface area (Å²) in [7, 11) is 0. The summed E-state index contributed by atoms with van der Waals surface area (Å²) >= 11 is 0. The number of nitrogens with zero attached hydrogens (tertiary/aromatic N) is 1. The zero-order valence-electron chi connectivity index (χ0n) is 8.53. The van der Waals surface area contributed by atoms with Crippen LogP contribution in [-0.4, -0.2) is 24.0 Å². The van der Waals surface area contributed by atoms with Crippen LogP contribution in [0.5, 0.6) is 0 Å². The van der Waals surface area contributed by atoms with E-state index in [1.165, 1.54) is 0 Å².